The first kappa shape index (κ1) is 28.1. The zero-order valence-corrected chi connectivity index (χ0v) is 28.6. The Bertz CT molecular complexity index is 3080. The molecule has 0 radical (unpaired) electrons. The summed E-state index contributed by atoms with van der Waals surface area (Å²) in [6.45, 7) is 0. The number of rotatable bonds is 3. The van der Waals surface area contributed by atoms with Gasteiger partial charge in [0.2, 0.25) is 0 Å². The maximum absolute atomic E-state index is 2.42. The van der Waals surface area contributed by atoms with Gasteiger partial charge in [0.15, 0.2) is 0 Å². The van der Waals surface area contributed by atoms with Gasteiger partial charge < -0.3 is 0 Å². The molecule has 0 saturated carbocycles. The van der Waals surface area contributed by atoms with Crippen molar-refractivity contribution in [1.82, 2.24) is 0 Å². The Morgan fingerprint density at radius 1 is 0.300 bits per heavy atom. The Balaban J connectivity index is 1.10. The lowest BCUT2D eigenvalue weighted by molar-refractivity contribution is 1.66. The monoisotopic (exact) mass is 668 g/mol. The molecule has 9 aromatic carbocycles. The van der Waals surface area contributed by atoms with E-state index >= 15 is 0 Å². The van der Waals surface area contributed by atoms with Gasteiger partial charge in [-0.2, -0.15) is 0 Å². The molecule has 0 aliphatic heterocycles. The van der Waals surface area contributed by atoms with Gasteiger partial charge in [0, 0.05) is 40.3 Å². The SMILES string of the molecule is c1ccc(-c2c3ccccc3c(-c3ccc4c(c3)sc3cc(-c5cccc6c5sc5ccc7ccccc7c56)ccc34)c3ccccc23)cc1. The molecule has 0 fully saturated rings. The third-order valence-corrected chi connectivity index (χ3v) is 12.8. The number of benzene rings is 9. The molecular formula is C48H28S2. The number of hydrogen-bond acceptors (Lipinski definition) is 2. The summed E-state index contributed by atoms with van der Waals surface area (Å²) < 4.78 is 5.35. The van der Waals surface area contributed by atoms with Gasteiger partial charge in [-0.25, -0.2) is 0 Å². The normalized spacial score (nSPS) is 12.0. The highest BCUT2D eigenvalue weighted by molar-refractivity contribution is 7.26. The molecule has 0 nitrogen and oxygen atoms in total. The van der Waals surface area contributed by atoms with Gasteiger partial charge in [0.25, 0.3) is 0 Å². The predicted molar refractivity (Wildman–Crippen MR) is 221 cm³/mol. The maximum atomic E-state index is 2.42. The molecule has 0 saturated heterocycles. The van der Waals surface area contributed by atoms with E-state index in [0.29, 0.717) is 0 Å². The van der Waals surface area contributed by atoms with E-state index in [0.717, 1.165) is 0 Å². The number of fused-ring (bicyclic) bond motifs is 10. The van der Waals surface area contributed by atoms with Crippen molar-refractivity contribution in [3.8, 4) is 33.4 Å². The van der Waals surface area contributed by atoms with Gasteiger partial charge in [-0.1, -0.05) is 152 Å². The molecule has 0 amide bonds. The second-order valence-electron chi connectivity index (χ2n) is 13.2. The molecule has 2 heteroatoms. The Kier molecular flexibility index (Phi) is 6.09. The van der Waals surface area contributed by atoms with Crippen LogP contribution in [0.2, 0.25) is 0 Å². The minimum absolute atomic E-state index is 1.25. The number of hydrogen-bond donors (Lipinski definition) is 0. The highest BCUT2D eigenvalue weighted by Crippen LogP contribution is 2.47. The highest BCUT2D eigenvalue weighted by atomic mass is 32.1. The van der Waals surface area contributed by atoms with Gasteiger partial charge in [0.1, 0.15) is 0 Å². The van der Waals surface area contributed by atoms with E-state index in [1.165, 1.54) is 106 Å². The van der Waals surface area contributed by atoms with Crippen LogP contribution in [-0.2, 0) is 0 Å². The lowest BCUT2D eigenvalue weighted by atomic mass is 9.86. The molecule has 0 bridgehead atoms. The van der Waals surface area contributed by atoms with Gasteiger partial charge in [0.05, 0.1) is 0 Å². The van der Waals surface area contributed by atoms with Crippen molar-refractivity contribution in [2.45, 2.75) is 0 Å². The maximum Gasteiger partial charge on any atom is 0.0434 e. The minimum Gasteiger partial charge on any atom is -0.135 e. The molecular weight excluding hydrogens is 641 g/mol. The van der Waals surface area contributed by atoms with Crippen molar-refractivity contribution in [1.29, 1.82) is 0 Å². The molecule has 11 aromatic rings. The predicted octanol–water partition coefficient (Wildman–Crippen LogP) is 14.9. The van der Waals surface area contributed by atoms with Crippen LogP contribution < -0.4 is 0 Å². The van der Waals surface area contributed by atoms with Crippen LogP contribution in [0.15, 0.2) is 170 Å². The first-order valence-corrected chi connectivity index (χ1v) is 18.7. The average Bonchev–Trinajstić information content (AvgIpc) is 3.75. The van der Waals surface area contributed by atoms with Crippen LogP contribution in [-0.4, -0.2) is 0 Å². The highest BCUT2D eigenvalue weighted by Gasteiger charge is 2.18. The fraction of sp³-hybridized carbons (Fsp3) is 0. The summed E-state index contributed by atoms with van der Waals surface area (Å²) in [6.07, 6.45) is 0. The molecule has 0 unspecified atom stereocenters. The smallest absolute Gasteiger partial charge is 0.0434 e. The van der Waals surface area contributed by atoms with E-state index in [1.54, 1.807) is 0 Å². The fourth-order valence-electron chi connectivity index (χ4n) is 8.25. The fourth-order valence-corrected chi connectivity index (χ4v) is 10.7. The minimum atomic E-state index is 1.25. The van der Waals surface area contributed by atoms with Gasteiger partial charge in [-0.15, -0.1) is 22.7 Å². The molecule has 11 rings (SSSR count). The van der Waals surface area contributed by atoms with Crippen molar-refractivity contribution >= 4 is 95.3 Å². The van der Waals surface area contributed by atoms with Gasteiger partial charge >= 0.3 is 0 Å². The first-order chi connectivity index (χ1) is 24.8. The van der Waals surface area contributed by atoms with Crippen LogP contribution in [0.25, 0.3) is 106 Å². The van der Waals surface area contributed by atoms with E-state index in [2.05, 4.69) is 170 Å². The lowest BCUT2D eigenvalue weighted by Gasteiger charge is -2.17. The number of thiophene rings is 2. The summed E-state index contributed by atoms with van der Waals surface area (Å²) in [7, 11) is 0. The van der Waals surface area contributed by atoms with E-state index in [9.17, 15) is 0 Å². The summed E-state index contributed by atoms with van der Waals surface area (Å²) in [5.74, 6) is 0. The summed E-state index contributed by atoms with van der Waals surface area (Å²) in [6, 6.07) is 63.0. The second-order valence-corrected chi connectivity index (χ2v) is 15.3. The van der Waals surface area contributed by atoms with Crippen LogP contribution in [0.3, 0.4) is 0 Å². The summed E-state index contributed by atoms with van der Waals surface area (Å²) in [4.78, 5) is 0. The van der Waals surface area contributed by atoms with Crippen molar-refractivity contribution in [3.05, 3.63) is 170 Å². The van der Waals surface area contributed by atoms with Crippen molar-refractivity contribution in [2.24, 2.45) is 0 Å². The lowest BCUT2D eigenvalue weighted by Crippen LogP contribution is -1.90. The molecule has 50 heavy (non-hydrogen) atoms. The molecule has 2 heterocycles. The van der Waals surface area contributed by atoms with Crippen LogP contribution in [0.1, 0.15) is 0 Å². The van der Waals surface area contributed by atoms with Crippen molar-refractivity contribution in [2.75, 3.05) is 0 Å². The summed E-state index contributed by atoms with van der Waals surface area (Å²) >= 11 is 3.82. The summed E-state index contributed by atoms with van der Waals surface area (Å²) in [5, 5.41) is 13.1. The zero-order valence-electron chi connectivity index (χ0n) is 27.0. The van der Waals surface area contributed by atoms with E-state index in [4.69, 9.17) is 0 Å². The zero-order chi connectivity index (χ0) is 32.8. The third-order valence-electron chi connectivity index (χ3n) is 10.5. The molecule has 0 spiro atoms. The third kappa shape index (κ3) is 4.10. The van der Waals surface area contributed by atoms with Crippen LogP contribution >= 0.6 is 22.7 Å². The van der Waals surface area contributed by atoms with Gasteiger partial charge in [-0.05, 0) is 83.9 Å². The van der Waals surface area contributed by atoms with E-state index in [-0.39, 0.29) is 0 Å². The molecule has 0 aliphatic rings. The summed E-state index contributed by atoms with van der Waals surface area (Å²) in [5.41, 5.74) is 7.71. The molecule has 232 valence electrons. The first-order valence-electron chi connectivity index (χ1n) is 17.1. The Labute approximate surface area is 297 Å². The molecule has 0 aliphatic carbocycles. The Hall–Kier alpha value is -5.80. The van der Waals surface area contributed by atoms with Crippen molar-refractivity contribution < 1.29 is 0 Å². The Morgan fingerprint density at radius 3 is 1.56 bits per heavy atom. The quantitative estimate of drug-likeness (QED) is 0.164. The average molecular weight is 669 g/mol. The van der Waals surface area contributed by atoms with Crippen LogP contribution in [0.4, 0.5) is 0 Å². The van der Waals surface area contributed by atoms with E-state index < -0.39 is 0 Å². The van der Waals surface area contributed by atoms with Crippen molar-refractivity contribution in [3.63, 3.8) is 0 Å². The topological polar surface area (TPSA) is 0 Å². The van der Waals surface area contributed by atoms with Crippen LogP contribution in [0.5, 0.6) is 0 Å². The molecule has 0 N–H and O–H groups in total. The van der Waals surface area contributed by atoms with E-state index in [1.807, 2.05) is 22.7 Å². The molecule has 0 atom stereocenters. The largest absolute Gasteiger partial charge is 0.135 e. The standard InChI is InChI=1S/C48H28S2/c1-2-12-30(13-3-1)45-37-15-6-8-17-39(37)46(40-18-9-7-16-38(40)45)32-22-25-36-35-24-21-31(27-43(35)49-44(36)28-32)34-19-10-20-41-47-33-14-5-4-11-29(33)23-26-42(47)50-48(34)41/h1-28H. The van der Waals surface area contributed by atoms with Crippen LogP contribution in [0, 0.1) is 0 Å². The van der Waals surface area contributed by atoms with Gasteiger partial charge in [-0.3, -0.25) is 0 Å². The molecule has 2 aromatic heterocycles. The second kappa shape index (κ2) is 10.9. The Morgan fingerprint density at radius 2 is 0.860 bits per heavy atom.